The highest BCUT2D eigenvalue weighted by atomic mass is 35.5. The first kappa shape index (κ1) is 18.5. The van der Waals surface area contributed by atoms with Crippen LogP contribution in [0.25, 0.3) is 16.7 Å². The molecule has 0 bridgehead atoms. The minimum atomic E-state index is -3.18. The van der Waals surface area contributed by atoms with Crippen LogP contribution in [-0.2, 0) is 5.92 Å². The third-order valence-corrected chi connectivity index (χ3v) is 5.01. The van der Waals surface area contributed by atoms with Gasteiger partial charge in [-0.05, 0) is 13.3 Å². The van der Waals surface area contributed by atoms with E-state index in [9.17, 15) is 14.0 Å². The van der Waals surface area contributed by atoms with Gasteiger partial charge in [0.25, 0.3) is 0 Å². The fraction of sp³-hybridized carbons (Fsp3) is 0.389. The minimum Gasteiger partial charge on any atom is -0.353 e. The Morgan fingerprint density at radius 3 is 2.82 bits per heavy atom. The Balaban J connectivity index is 1.87. The number of pyridine rings is 1. The molecule has 0 saturated carbocycles. The molecule has 0 amide bonds. The summed E-state index contributed by atoms with van der Waals surface area (Å²) in [7, 11) is 0. The van der Waals surface area contributed by atoms with Gasteiger partial charge < -0.3 is 4.90 Å². The second kappa shape index (κ2) is 6.34. The predicted octanol–water partition coefficient (Wildman–Crippen LogP) is 3.72. The number of alkyl halides is 2. The first-order chi connectivity index (χ1) is 13.2. The molecule has 7 nitrogen and oxygen atoms in total. The van der Waals surface area contributed by atoms with E-state index in [1.165, 1.54) is 16.9 Å². The lowest BCUT2D eigenvalue weighted by Gasteiger charge is -2.17. The summed E-state index contributed by atoms with van der Waals surface area (Å²) in [5.41, 5.74) is 0.118. The maximum Gasteiger partial charge on any atom is 0.303 e. The van der Waals surface area contributed by atoms with Crippen LogP contribution in [0.4, 0.5) is 14.6 Å². The Hall–Kier alpha value is -2.86. The Morgan fingerprint density at radius 2 is 2.14 bits per heavy atom. The van der Waals surface area contributed by atoms with E-state index in [0.717, 1.165) is 6.92 Å². The van der Waals surface area contributed by atoms with Gasteiger partial charge in [0.15, 0.2) is 11.6 Å². The fourth-order valence-electron chi connectivity index (χ4n) is 3.29. The molecule has 28 heavy (non-hydrogen) atoms. The Morgan fingerprint density at radius 1 is 1.36 bits per heavy atom. The molecule has 144 valence electrons. The Bertz CT molecular complexity index is 1100. The first-order valence-corrected chi connectivity index (χ1v) is 9.00. The molecule has 1 aliphatic heterocycles. The smallest absolute Gasteiger partial charge is 0.303 e. The lowest BCUT2D eigenvalue weighted by atomic mass is 9.92. The highest BCUT2D eigenvalue weighted by Crippen LogP contribution is 2.36. The van der Waals surface area contributed by atoms with Crippen molar-refractivity contribution in [2.45, 2.75) is 26.2 Å². The summed E-state index contributed by atoms with van der Waals surface area (Å²) < 4.78 is 28.8. The van der Waals surface area contributed by atoms with Gasteiger partial charge in [0, 0.05) is 44.5 Å². The number of anilines is 1. The van der Waals surface area contributed by atoms with E-state index in [0.29, 0.717) is 36.2 Å². The number of hydrogen-bond donors (Lipinski definition) is 0. The van der Waals surface area contributed by atoms with E-state index < -0.39 is 17.2 Å². The van der Waals surface area contributed by atoms with Crippen molar-refractivity contribution >= 4 is 28.3 Å². The molecule has 0 aliphatic carbocycles. The van der Waals surface area contributed by atoms with Gasteiger partial charge in [-0.2, -0.15) is 14.0 Å². The number of nitriles is 1. The molecule has 1 saturated heterocycles. The molecular formula is C18H16ClF2N7. The van der Waals surface area contributed by atoms with Gasteiger partial charge in [0.05, 0.1) is 22.4 Å². The van der Waals surface area contributed by atoms with E-state index in [4.69, 9.17) is 11.6 Å². The molecule has 1 atom stereocenters. The van der Waals surface area contributed by atoms with Crippen LogP contribution >= 0.6 is 11.6 Å². The summed E-state index contributed by atoms with van der Waals surface area (Å²) in [6, 6.07) is 5.46. The van der Waals surface area contributed by atoms with Crippen LogP contribution < -0.4 is 4.90 Å². The van der Waals surface area contributed by atoms with Crippen molar-refractivity contribution in [3.63, 3.8) is 0 Å². The minimum absolute atomic E-state index is 0.201. The van der Waals surface area contributed by atoms with Crippen molar-refractivity contribution in [3.8, 4) is 11.9 Å². The van der Waals surface area contributed by atoms with Crippen LogP contribution in [0.2, 0.25) is 5.15 Å². The molecule has 10 heteroatoms. The monoisotopic (exact) mass is 403 g/mol. The highest BCUT2D eigenvalue weighted by molar-refractivity contribution is 6.30. The zero-order valence-corrected chi connectivity index (χ0v) is 16.0. The van der Waals surface area contributed by atoms with Crippen LogP contribution in [0.5, 0.6) is 0 Å². The zero-order valence-electron chi connectivity index (χ0n) is 15.2. The second-order valence-electron chi connectivity index (χ2n) is 7.23. The molecule has 0 spiro atoms. The molecule has 4 heterocycles. The molecule has 0 radical (unpaired) electrons. The number of fused-ring (bicyclic) bond motifs is 1. The third kappa shape index (κ3) is 3.14. The van der Waals surface area contributed by atoms with E-state index in [1.807, 2.05) is 11.8 Å². The topological polar surface area (TPSA) is 83.5 Å². The van der Waals surface area contributed by atoms with E-state index in [1.54, 1.807) is 12.3 Å². The van der Waals surface area contributed by atoms with Crippen molar-refractivity contribution in [2.75, 3.05) is 18.0 Å². The van der Waals surface area contributed by atoms with Crippen molar-refractivity contribution in [3.05, 3.63) is 35.5 Å². The summed E-state index contributed by atoms with van der Waals surface area (Å²) in [4.78, 5) is 13.8. The SMILES string of the molecule is CC1(C#N)CCN(c2nn(-c3ccnc(C(C)(F)F)n3)c3cc(Cl)ncc23)C1. The fourth-order valence-corrected chi connectivity index (χ4v) is 3.44. The lowest BCUT2D eigenvalue weighted by Crippen LogP contribution is -2.24. The van der Waals surface area contributed by atoms with Gasteiger partial charge in [-0.1, -0.05) is 11.6 Å². The molecule has 0 aromatic carbocycles. The van der Waals surface area contributed by atoms with Crippen molar-refractivity contribution in [2.24, 2.45) is 5.41 Å². The van der Waals surface area contributed by atoms with Crippen LogP contribution in [0.15, 0.2) is 24.5 Å². The quantitative estimate of drug-likeness (QED) is 0.620. The number of hydrogen-bond acceptors (Lipinski definition) is 6. The summed E-state index contributed by atoms with van der Waals surface area (Å²) in [5.74, 6) is -2.95. The van der Waals surface area contributed by atoms with Gasteiger partial charge in [0.1, 0.15) is 5.15 Å². The average molecular weight is 404 g/mol. The van der Waals surface area contributed by atoms with Gasteiger partial charge in [0.2, 0.25) is 5.82 Å². The van der Waals surface area contributed by atoms with Crippen molar-refractivity contribution < 1.29 is 8.78 Å². The highest BCUT2D eigenvalue weighted by Gasteiger charge is 2.36. The van der Waals surface area contributed by atoms with Gasteiger partial charge in [-0.15, -0.1) is 5.10 Å². The van der Waals surface area contributed by atoms with Crippen LogP contribution in [0.1, 0.15) is 26.1 Å². The number of halogens is 3. The zero-order chi connectivity index (χ0) is 20.1. The predicted molar refractivity (Wildman–Crippen MR) is 99.6 cm³/mol. The van der Waals surface area contributed by atoms with E-state index in [2.05, 4.69) is 26.1 Å². The summed E-state index contributed by atoms with van der Waals surface area (Å²) in [5, 5.41) is 15.0. The molecule has 0 N–H and O–H groups in total. The van der Waals surface area contributed by atoms with E-state index in [-0.39, 0.29) is 11.0 Å². The normalized spacial score (nSPS) is 19.9. The first-order valence-electron chi connectivity index (χ1n) is 8.62. The molecule has 3 aromatic rings. The van der Waals surface area contributed by atoms with Gasteiger partial charge in [-0.25, -0.2) is 19.6 Å². The second-order valence-corrected chi connectivity index (χ2v) is 7.62. The van der Waals surface area contributed by atoms with Crippen LogP contribution in [0.3, 0.4) is 0 Å². The molecular weight excluding hydrogens is 388 g/mol. The number of rotatable bonds is 3. The van der Waals surface area contributed by atoms with Crippen LogP contribution in [-0.4, -0.2) is 37.8 Å². The molecule has 1 aliphatic rings. The van der Waals surface area contributed by atoms with Crippen molar-refractivity contribution in [1.82, 2.24) is 24.7 Å². The molecule has 1 unspecified atom stereocenters. The standard InChI is InChI=1S/C18H16ClF2N7/c1-17(9-22)4-6-27(10-17)15-11-8-24-13(19)7-12(11)28(26-15)14-3-5-23-16(25-14)18(2,20)21/h3,5,7-8H,4,6,10H2,1-2H3. The molecule has 4 rings (SSSR count). The Kier molecular flexibility index (Phi) is 4.19. The van der Waals surface area contributed by atoms with E-state index >= 15 is 0 Å². The maximum atomic E-state index is 13.7. The van der Waals surface area contributed by atoms with Crippen molar-refractivity contribution in [1.29, 1.82) is 5.26 Å². The Labute approximate surface area is 164 Å². The largest absolute Gasteiger partial charge is 0.353 e. The lowest BCUT2D eigenvalue weighted by molar-refractivity contribution is 0.00763. The molecule has 1 fully saturated rings. The third-order valence-electron chi connectivity index (χ3n) is 4.81. The van der Waals surface area contributed by atoms with Crippen LogP contribution in [0, 0.1) is 16.7 Å². The summed E-state index contributed by atoms with van der Waals surface area (Å²) in [6.07, 6.45) is 3.57. The average Bonchev–Trinajstić information content (AvgIpc) is 3.22. The summed E-state index contributed by atoms with van der Waals surface area (Å²) >= 11 is 6.06. The molecule has 3 aromatic heterocycles. The number of nitrogens with zero attached hydrogens (tertiary/aromatic N) is 7. The van der Waals surface area contributed by atoms with Gasteiger partial charge in [-0.3, -0.25) is 0 Å². The van der Waals surface area contributed by atoms with Gasteiger partial charge >= 0.3 is 5.92 Å². The summed E-state index contributed by atoms with van der Waals surface area (Å²) in [6.45, 7) is 3.81. The maximum absolute atomic E-state index is 13.7. The number of aromatic nitrogens is 5.